The van der Waals surface area contributed by atoms with E-state index in [1.165, 1.54) is 0 Å². The highest BCUT2D eigenvalue weighted by Crippen LogP contribution is 2.09. The minimum atomic E-state index is 0.440. The smallest absolute Gasteiger partial charge is 0.119 e. The number of rotatable bonds is 7. The van der Waals surface area contributed by atoms with Gasteiger partial charge in [-0.25, -0.2) is 0 Å². The zero-order valence-electron chi connectivity index (χ0n) is 10.6. The molecule has 0 aliphatic rings. The van der Waals surface area contributed by atoms with E-state index in [0.29, 0.717) is 12.1 Å². The standard InChI is InChI=1S/C14H23NO/c1-4-12(3)15-13(5-2)11-16-14-9-7-6-8-10-14/h6-10,12-13,15H,4-5,11H2,1-3H3. The maximum Gasteiger partial charge on any atom is 0.119 e. The van der Waals surface area contributed by atoms with Gasteiger partial charge in [-0.3, -0.25) is 0 Å². The van der Waals surface area contributed by atoms with Gasteiger partial charge in [-0.2, -0.15) is 0 Å². The first-order valence-electron chi connectivity index (χ1n) is 6.20. The molecule has 16 heavy (non-hydrogen) atoms. The van der Waals surface area contributed by atoms with Crippen LogP contribution in [0.15, 0.2) is 30.3 Å². The van der Waals surface area contributed by atoms with E-state index in [0.717, 1.165) is 25.2 Å². The van der Waals surface area contributed by atoms with Gasteiger partial charge in [0.2, 0.25) is 0 Å². The number of hydrogen-bond donors (Lipinski definition) is 1. The summed E-state index contributed by atoms with van der Waals surface area (Å²) in [6, 6.07) is 11.0. The molecule has 90 valence electrons. The maximum atomic E-state index is 5.74. The quantitative estimate of drug-likeness (QED) is 0.763. The fourth-order valence-corrected chi connectivity index (χ4v) is 1.52. The van der Waals surface area contributed by atoms with Crippen LogP contribution in [0.3, 0.4) is 0 Å². The van der Waals surface area contributed by atoms with Crippen molar-refractivity contribution in [2.24, 2.45) is 0 Å². The molecule has 2 nitrogen and oxygen atoms in total. The third-order valence-corrected chi connectivity index (χ3v) is 2.82. The summed E-state index contributed by atoms with van der Waals surface area (Å²) < 4.78 is 5.74. The lowest BCUT2D eigenvalue weighted by Crippen LogP contribution is -2.39. The second kappa shape index (κ2) is 7.29. The third kappa shape index (κ3) is 4.67. The second-order valence-electron chi connectivity index (χ2n) is 4.21. The van der Waals surface area contributed by atoms with Crippen LogP contribution in [0.1, 0.15) is 33.6 Å². The first-order valence-corrected chi connectivity index (χ1v) is 6.20. The van der Waals surface area contributed by atoms with Crippen molar-refractivity contribution < 1.29 is 4.74 Å². The Balaban J connectivity index is 2.34. The van der Waals surface area contributed by atoms with Crippen LogP contribution in [0.4, 0.5) is 0 Å². The molecule has 0 bridgehead atoms. The van der Waals surface area contributed by atoms with Gasteiger partial charge in [-0.15, -0.1) is 0 Å². The molecule has 0 aliphatic carbocycles. The van der Waals surface area contributed by atoms with Crippen molar-refractivity contribution in [2.75, 3.05) is 6.61 Å². The summed E-state index contributed by atoms with van der Waals surface area (Å²) >= 11 is 0. The Kier molecular flexibility index (Phi) is 5.94. The van der Waals surface area contributed by atoms with Crippen molar-refractivity contribution >= 4 is 0 Å². The predicted octanol–water partition coefficient (Wildman–Crippen LogP) is 3.23. The van der Waals surface area contributed by atoms with E-state index in [9.17, 15) is 0 Å². The van der Waals surface area contributed by atoms with Crippen LogP contribution in [0.2, 0.25) is 0 Å². The second-order valence-corrected chi connectivity index (χ2v) is 4.21. The molecule has 2 atom stereocenters. The number of ether oxygens (including phenoxy) is 1. The molecule has 0 fully saturated rings. The fourth-order valence-electron chi connectivity index (χ4n) is 1.52. The highest BCUT2D eigenvalue weighted by molar-refractivity contribution is 5.20. The number of para-hydroxylation sites is 1. The molecule has 0 saturated carbocycles. The molecule has 1 aromatic rings. The van der Waals surface area contributed by atoms with Gasteiger partial charge < -0.3 is 10.1 Å². The van der Waals surface area contributed by atoms with Crippen molar-refractivity contribution in [3.8, 4) is 5.75 Å². The topological polar surface area (TPSA) is 21.3 Å². The molecule has 1 aromatic carbocycles. The van der Waals surface area contributed by atoms with Crippen LogP contribution in [0.5, 0.6) is 5.75 Å². The Morgan fingerprint density at radius 1 is 1.12 bits per heavy atom. The molecular formula is C14H23NO. The van der Waals surface area contributed by atoms with Gasteiger partial charge in [0.05, 0.1) is 0 Å². The molecule has 0 aliphatic heterocycles. The zero-order valence-corrected chi connectivity index (χ0v) is 10.6. The maximum absolute atomic E-state index is 5.74. The highest BCUT2D eigenvalue weighted by Gasteiger charge is 2.09. The van der Waals surface area contributed by atoms with Crippen LogP contribution in [0.25, 0.3) is 0 Å². The molecule has 2 heteroatoms. The molecule has 2 unspecified atom stereocenters. The monoisotopic (exact) mass is 221 g/mol. The van der Waals surface area contributed by atoms with Gasteiger partial charge in [0.25, 0.3) is 0 Å². The molecule has 1 N–H and O–H groups in total. The van der Waals surface area contributed by atoms with E-state index in [-0.39, 0.29) is 0 Å². The molecule has 0 spiro atoms. The summed E-state index contributed by atoms with van der Waals surface area (Å²) in [7, 11) is 0. The zero-order chi connectivity index (χ0) is 11.8. The van der Waals surface area contributed by atoms with Crippen LogP contribution >= 0.6 is 0 Å². The van der Waals surface area contributed by atoms with Crippen LogP contribution in [-0.2, 0) is 0 Å². The summed E-state index contributed by atoms with van der Waals surface area (Å²) in [6.45, 7) is 7.34. The van der Waals surface area contributed by atoms with Crippen LogP contribution in [0, 0.1) is 0 Å². The average Bonchev–Trinajstić information content (AvgIpc) is 2.35. The SMILES string of the molecule is CCC(C)NC(CC)COc1ccccc1. The summed E-state index contributed by atoms with van der Waals surface area (Å²) in [6.07, 6.45) is 2.25. The average molecular weight is 221 g/mol. The van der Waals surface area contributed by atoms with Gasteiger partial charge in [-0.1, -0.05) is 32.0 Å². The minimum absolute atomic E-state index is 0.440. The van der Waals surface area contributed by atoms with E-state index >= 15 is 0 Å². The Morgan fingerprint density at radius 3 is 2.38 bits per heavy atom. The highest BCUT2D eigenvalue weighted by atomic mass is 16.5. The lowest BCUT2D eigenvalue weighted by Gasteiger charge is -2.21. The van der Waals surface area contributed by atoms with E-state index < -0.39 is 0 Å². The summed E-state index contributed by atoms with van der Waals surface area (Å²) in [4.78, 5) is 0. The first-order chi connectivity index (χ1) is 7.76. The van der Waals surface area contributed by atoms with Gasteiger partial charge in [0, 0.05) is 12.1 Å². The number of hydrogen-bond acceptors (Lipinski definition) is 2. The largest absolute Gasteiger partial charge is 0.492 e. The first kappa shape index (κ1) is 13.0. The van der Waals surface area contributed by atoms with Crippen molar-refractivity contribution in [3.05, 3.63) is 30.3 Å². The van der Waals surface area contributed by atoms with E-state index in [4.69, 9.17) is 4.74 Å². The predicted molar refractivity (Wildman–Crippen MR) is 68.9 cm³/mol. The molecule has 0 saturated heterocycles. The third-order valence-electron chi connectivity index (χ3n) is 2.82. The van der Waals surface area contributed by atoms with Crippen molar-refractivity contribution in [2.45, 2.75) is 45.7 Å². The van der Waals surface area contributed by atoms with Gasteiger partial charge >= 0.3 is 0 Å². The molecular weight excluding hydrogens is 198 g/mol. The van der Waals surface area contributed by atoms with Crippen molar-refractivity contribution in [1.82, 2.24) is 5.32 Å². The van der Waals surface area contributed by atoms with Gasteiger partial charge in [0.1, 0.15) is 12.4 Å². The lowest BCUT2D eigenvalue weighted by molar-refractivity contribution is 0.248. The molecule has 0 radical (unpaired) electrons. The number of benzene rings is 1. The molecule has 0 heterocycles. The minimum Gasteiger partial charge on any atom is -0.492 e. The van der Waals surface area contributed by atoms with Crippen molar-refractivity contribution in [1.29, 1.82) is 0 Å². The molecule has 0 amide bonds. The summed E-state index contributed by atoms with van der Waals surface area (Å²) in [5, 5.41) is 3.56. The Bertz CT molecular complexity index is 273. The summed E-state index contributed by atoms with van der Waals surface area (Å²) in [5.74, 6) is 0.951. The Morgan fingerprint density at radius 2 is 1.81 bits per heavy atom. The summed E-state index contributed by atoms with van der Waals surface area (Å²) in [5.41, 5.74) is 0. The van der Waals surface area contributed by atoms with Crippen LogP contribution in [-0.4, -0.2) is 18.7 Å². The lowest BCUT2D eigenvalue weighted by atomic mass is 10.2. The van der Waals surface area contributed by atoms with E-state index in [1.807, 2.05) is 30.3 Å². The van der Waals surface area contributed by atoms with Crippen LogP contribution < -0.4 is 10.1 Å². The van der Waals surface area contributed by atoms with E-state index in [2.05, 4.69) is 26.1 Å². The normalized spacial score (nSPS) is 14.4. The van der Waals surface area contributed by atoms with Gasteiger partial charge in [0.15, 0.2) is 0 Å². The Hall–Kier alpha value is -1.02. The van der Waals surface area contributed by atoms with Crippen molar-refractivity contribution in [3.63, 3.8) is 0 Å². The van der Waals surface area contributed by atoms with E-state index in [1.54, 1.807) is 0 Å². The molecule has 1 rings (SSSR count). The van der Waals surface area contributed by atoms with Gasteiger partial charge in [-0.05, 0) is 31.9 Å². The fraction of sp³-hybridized carbons (Fsp3) is 0.571. The number of nitrogens with one attached hydrogen (secondary N) is 1. The Labute approximate surface area is 99.0 Å². The molecule has 0 aromatic heterocycles.